The first-order valence-electron chi connectivity index (χ1n) is 17.6. The summed E-state index contributed by atoms with van der Waals surface area (Å²) in [5.74, 6) is 2.38. The molecule has 0 aliphatic rings. The molecular formula is C47H30N6. The molecule has 0 bridgehead atoms. The molecule has 3 heterocycles. The summed E-state index contributed by atoms with van der Waals surface area (Å²) in [5, 5.41) is 3.35. The van der Waals surface area contributed by atoms with E-state index in [2.05, 4.69) is 89.5 Å². The van der Waals surface area contributed by atoms with Gasteiger partial charge in [-0.25, -0.2) is 24.9 Å². The zero-order chi connectivity index (χ0) is 35.1. The molecule has 7 aromatic carbocycles. The molecule has 0 aliphatic carbocycles. The van der Waals surface area contributed by atoms with Crippen molar-refractivity contribution in [2.24, 2.45) is 0 Å². The summed E-state index contributed by atoms with van der Waals surface area (Å²) in [6.45, 7) is 0. The van der Waals surface area contributed by atoms with Gasteiger partial charge in [0.15, 0.2) is 23.3 Å². The van der Waals surface area contributed by atoms with Crippen molar-refractivity contribution < 1.29 is 0 Å². The van der Waals surface area contributed by atoms with Crippen molar-refractivity contribution in [1.29, 1.82) is 0 Å². The first-order chi connectivity index (χ1) is 26.3. The van der Waals surface area contributed by atoms with Crippen molar-refractivity contribution in [3.05, 3.63) is 182 Å². The average molecular weight is 679 g/mol. The molecule has 6 heteroatoms. The van der Waals surface area contributed by atoms with E-state index in [-0.39, 0.29) is 0 Å². The van der Waals surface area contributed by atoms with Gasteiger partial charge in [-0.2, -0.15) is 0 Å². The molecule has 53 heavy (non-hydrogen) atoms. The Morgan fingerprint density at radius 2 is 0.792 bits per heavy atom. The Hall–Kier alpha value is -7.31. The van der Waals surface area contributed by atoms with Crippen molar-refractivity contribution in [3.8, 4) is 62.5 Å². The number of aromatic nitrogens is 6. The molecule has 0 atom stereocenters. The minimum Gasteiger partial charge on any atom is -0.309 e. The fourth-order valence-electron chi connectivity index (χ4n) is 7.18. The average Bonchev–Trinajstić information content (AvgIpc) is 3.58. The second kappa shape index (κ2) is 12.8. The molecule has 0 amide bonds. The molecule has 6 nitrogen and oxygen atoms in total. The van der Waals surface area contributed by atoms with Crippen LogP contribution in [0.4, 0.5) is 0 Å². The molecule has 0 spiro atoms. The highest BCUT2D eigenvalue weighted by molar-refractivity contribution is 6.09. The predicted molar refractivity (Wildman–Crippen MR) is 214 cm³/mol. The molecule has 0 radical (unpaired) electrons. The molecule has 0 unspecified atom stereocenters. The van der Waals surface area contributed by atoms with Crippen molar-refractivity contribution in [1.82, 2.24) is 29.5 Å². The minimum absolute atomic E-state index is 0.556. The van der Waals surface area contributed by atoms with Gasteiger partial charge in [0, 0.05) is 44.0 Å². The van der Waals surface area contributed by atoms with E-state index >= 15 is 0 Å². The Morgan fingerprint density at radius 3 is 1.40 bits per heavy atom. The summed E-state index contributed by atoms with van der Waals surface area (Å²) in [7, 11) is 0. The third-order valence-corrected chi connectivity index (χ3v) is 9.67. The van der Waals surface area contributed by atoms with Crippen LogP contribution in [-0.4, -0.2) is 29.5 Å². The molecular weight excluding hydrogens is 649 g/mol. The quantitative estimate of drug-likeness (QED) is 0.175. The van der Waals surface area contributed by atoms with Gasteiger partial charge in [0.1, 0.15) is 0 Å². The molecule has 0 saturated heterocycles. The minimum atomic E-state index is 0.556. The fraction of sp³-hybridized carbons (Fsp3) is 0. The zero-order valence-electron chi connectivity index (χ0n) is 28.5. The Balaban J connectivity index is 1.28. The van der Waals surface area contributed by atoms with Crippen molar-refractivity contribution >= 4 is 32.7 Å². The Morgan fingerprint density at radius 1 is 0.321 bits per heavy atom. The van der Waals surface area contributed by atoms with Crippen LogP contribution in [0.1, 0.15) is 0 Å². The smallest absolute Gasteiger partial charge is 0.166 e. The largest absolute Gasteiger partial charge is 0.309 e. The summed E-state index contributed by atoms with van der Waals surface area (Å²) in [6, 6.07) is 62.1. The van der Waals surface area contributed by atoms with Crippen LogP contribution < -0.4 is 0 Å². The number of fused-ring (bicyclic) bond motifs is 4. The topological polar surface area (TPSA) is 69.4 Å². The number of benzene rings is 7. The summed E-state index contributed by atoms with van der Waals surface area (Å²) in [4.78, 5) is 25.8. The molecule has 10 rings (SSSR count). The second-order valence-corrected chi connectivity index (χ2v) is 12.9. The van der Waals surface area contributed by atoms with Gasteiger partial charge < -0.3 is 4.57 Å². The lowest BCUT2D eigenvalue weighted by Crippen LogP contribution is -2.04. The highest BCUT2D eigenvalue weighted by Crippen LogP contribution is 2.38. The summed E-state index contributed by atoms with van der Waals surface area (Å²) < 4.78 is 2.31. The molecule has 0 aliphatic heterocycles. The van der Waals surface area contributed by atoms with Gasteiger partial charge >= 0.3 is 0 Å². The van der Waals surface area contributed by atoms with Gasteiger partial charge in [0.2, 0.25) is 0 Å². The Labute approximate surface area is 305 Å². The standard InChI is InChI=1S/C47H30N6/c1-4-16-31(17-5-1)43-37-24-10-13-25-39(37)48-46(49-43)34-28-29-42(53-40-26-14-11-22-35(40)36-23-12-15-27-41(36)53)38(30-34)47-51-44(32-18-6-2-7-19-32)50-45(52-47)33-20-8-3-9-21-33/h1-30H. The molecule has 10 aromatic rings. The summed E-state index contributed by atoms with van der Waals surface area (Å²) >= 11 is 0. The van der Waals surface area contributed by atoms with Crippen LogP contribution in [0.2, 0.25) is 0 Å². The van der Waals surface area contributed by atoms with E-state index in [9.17, 15) is 0 Å². The third-order valence-electron chi connectivity index (χ3n) is 9.67. The van der Waals surface area contributed by atoms with Crippen LogP contribution in [0.25, 0.3) is 95.2 Å². The van der Waals surface area contributed by atoms with Crippen LogP contribution >= 0.6 is 0 Å². The third kappa shape index (κ3) is 5.41. The van der Waals surface area contributed by atoms with Gasteiger partial charge in [-0.1, -0.05) is 146 Å². The van der Waals surface area contributed by atoms with Crippen LogP contribution in [-0.2, 0) is 0 Å². The zero-order valence-corrected chi connectivity index (χ0v) is 28.5. The van der Waals surface area contributed by atoms with Crippen LogP contribution in [0.5, 0.6) is 0 Å². The van der Waals surface area contributed by atoms with E-state index in [0.717, 1.165) is 61.1 Å². The summed E-state index contributed by atoms with van der Waals surface area (Å²) in [5.41, 5.74) is 9.44. The van der Waals surface area contributed by atoms with E-state index < -0.39 is 0 Å². The highest BCUT2D eigenvalue weighted by Gasteiger charge is 2.21. The highest BCUT2D eigenvalue weighted by atomic mass is 15.1. The van der Waals surface area contributed by atoms with Gasteiger partial charge in [0.25, 0.3) is 0 Å². The van der Waals surface area contributed by atoms with Gasteiger partial charge in [-0.15, -0.1) is 0 Å². The monoisotopic (exact) mass is 678 g/mol. The lowest BCUT2D eigenvalue weighted by Gasteiger charge is -2.16. The van der Waals surface area contributed by atoms with Crippen molar-refractivity contribution in [3.63, 3.8) is 0 Å². The Kier molecular flexibility index (Phi) is 7.36. The molecule has 0 fully saturated rings. The molecule has 0 N–H and O–H groups in total. The van der Waals surface area contributed by atoms with Crippen molar-refractivity contribution in [2.75, 3.05) is 0 Å². The fourth-order valence-corrected chi connectivity index (χ4v) is 7.18. The van der Waals surface area contributed by atoms with Crippen molar-refractivity contribution in [2.45, 2.75) is 0 Å². The first kappa shape index (κ1) is 30.5. The SMILES string of the molecule is c1ccc(-c2nc(-c3ccccc3)nc(-c3cc(-c4nc(-c5ccccc5)c5ccccc5n4)ccc3-n3c4ccccc4c4ccccc43)n2)cc1. The van der Waals surface area contributed by atoms with Gasteiger partial charge in [-0.05, 0) is 36.4 Å². The van der Waals surface area contributed by atoms with E-state index in [1.807, 2.05) is 97.1 Å². The predicted octanol–water partition coefficient (Wildman–Crippen LogP) is 11.2. The van der Waals surface area contributed by atoms with E-state index in [0.29, 0.717) is 23.3 Å². The lowest BCUT2D eigenvalue weighted by molar-refractivity contribution is 1.06. The number of rotatable bonds is 6. The van der Waals surface area contributed by atoms with Crippen LogP contribution in [0, 0.1) is 0 Å². The summed E-state index contributed by atoms with van der Waals surface area (Å²) in [6.07, 6.45) is 0. The van der Waals surface area contributed by atoms with Crippen LogP contribution in [0.15, 0.2) is 182 Å². The van der Waals surface area contributed by atoms with Gasteiger partial charge in [-0.3, -0.25) is 0 Å². The Bertz CT molecular complexity index is 2830. The molecule has 248 valence electrons. The second-order valence-electron chi connectivity index (χ2n) is 12.9. The maximum absolute atomic E-state index is 5.23. The maximum atomic E-state index is 5.23. The molecule has 3 aromatic heterocycles. The normalized spacial score (nSPS) is 11.4. The lowest BCUT2D eigenvalue weighted by atomic mass is 10.0. The molecule has 0 saturated carbocycles. The van der Waals surface area contributed by atoms with E-state index in [4.69, 9.17) is 24.9 Å². The van der Waals surface area contributed by atoms with E-state index in [1.54, 1.807) is 0 Å². The first-order valence-corrected chi connectivity index (χ1v) is 17.6. The number of hydrogen-bond donors (Lipinski definition) is 0. The van der Waals surface area contributed by atoms with Gasteiger partial charge in [0.05, 0.1) is 27.9 Å². The van der Waals surface area contributed by atoms with E-state index in [1.165, 1.54) is 10.8 Å². The van der Waals surface area contributed by atoms with Crippen LogP contribution in [0.3, 0.4) is 0 Å². The number of nitrogens with zero attached hydrogens (tertiary/aromatic N) is 6. The number of para-hydroxylation sites is 3. The maximum Gasteiger partial charge on any atom is 0.166 e. The number of hydrogen-bond acceptors (Lipinski definition) is 5.